The normalized spacial score (nSPS) is 19.5. The minimum Gasteiger partial charge on any atom is -0.339 e. The monoisotopic (exact) mass is 251 g/mol. The van der Waals surface area contributed by atoms with Crippen molar-refractivity contribution in [3.8, 4) is 0 Å². The quantitative estimate of drug-likeness (QED) is 0.585. The van der Waals surface area contributed by atoms with Crippen LogP contribution in [-0.2, 0) is 0 Å². The van der Waals surface area contributed by atoms with Gasteiger partial charge in [0.1, 0.15) is 12.4 Å². The van der Waals surface area contributed by atoms with E-state index in [2.05, 4.69) is 33.7 Å². The summed E-state index contributed by atoms with van der Waals surface area (Å²) in [5.41, 5.74) is -0.0693. The number of likely N-dealkylation sites (N-methyl/N-ethyl adjacent to an activating group) is 1. The fourth-order valence-corrected chi connectivity index (χ4v) is 2.11. The zero-order chi connectivity index (χ0) is 13.1. The number of nitro groups is 1. The highest BCUT2D eigenvalue weighted by Gasteiger charge is 2.26. The molecule has 0 amide bonds. The van der Waals surface area contributed by atoms with E-state index in [1.54, 1.807) is 0 Å². The number of hydrogen-bond acceptors (Lipinski definition) is 6. The minimum absolute atomic E-state index is 0.0693. The highest BCUT2D eigenvalue weighted by Crippen LogP contribution is 2.19. The zero-order valence-corrected chi connectivity index (χ0v) is 10.6. The van der Waals surface area contributed by atoms with Crippen molar-refractivity contribution in [3.63, 3.8) is 0 Å². The molecule has 0 saturated carbocycles. The predicted molar refractivity (Wildman–Crippen MR) is 67.6 cm³/mol. The van der Waals surface area contributed by atoms with E-state index >= 15 is 0 Å². The van der Waals surface area contributed by atoms with Gasteiger partial charge in [0.05, 0.1) is 4.92 Å². The molecule has 1 aromatic rings. The van der Waals surface area contributed by atoms with Crippen molar-refractivity contribution in [3.05, 3.63) is 22.5 Å². The molecule has 1 aromatic heterocycles. The lowest BCUT2D eigenvalue weighted by Crippen LogP contribution is -2.34. The van der Waals surface area contributed by atoms with Crippen LogP contribution < -0.4 is 4.90 Å². The van der Waals surface area contributed by atoms with Crippen molar-refractivity contribution < 1.29 is 4.92 Å². The van der Waals surface area contributed by atoms with E-state index in [4.69, 9.17) is 0 Å². The molecule has 1 atom stereocenters. The van der Waals surface area contributed by atoms with Gasteiger partial charge in [-0.3, -0.25) is 10.1 Å². The number of aromatic nitrogens is 2. The Morgan fingerprint density at radius 2 is 2.22 bits per heavy atom. The first kappa shape index (κ1) is 12.7. The fourth-order valence-electron chi connectivity index (χ4n) is 2.11. The first-order valence-electron chi connectivity index (χ1n) is 6.03. The molecule has 7 heteroatoms. The molecule has 1 fully saturated rings. The summed E-state index contributed by atoms with van der Waals surface area (Å²) in [7, 11) is 2.10. The van der Waals surface area contributed by atoms with E-state index in [-0.39, 0.29) is 5.69 Å². The van der Waals surface area contributed by atoms with E-state index in [0.29, 0.717) is 12.0 Å². The van der Waals surface area contributed by atoms with Crippen molar-refractivity contribution in [2.75, 3.05) is 31.6 Å². The van der Waals surface area contributed by atoms with E-state index in [0.717, 1.165) is 26.1 Å². The first-order valence-corrected chi connectivity index (χ1v) is 6.03. The summed E-state index contributed by atoms with van der Waals surface area (Å²) in [4.78, 5) is 22.5. The second-order valence-corrected chi connectivity index (χ2v) is 4.46. The number of nitrogens with zero attached hydrogens (tertiary/aromatic N) is 5. The van der Waals surface area contributed by atoms with Gasteiger partial charge in [0.15, 0.2) is 0 Å². The number of anilines is 1. The van der Waals surface area contributed by atoms with Crippen LogP contribution in [0.15, 0.2) is 12.4 Å². The summed E-state index contributed by atoms with van der Waals surface area (Å²) >= 11 is 0. The van der Waals surface area contributed by atoms with Crippen molar-refractivity contribution in [1.29, 1.82) is 0 Å². The zero-order valence-electron chi connectivity index (χ0n) is 10.6. The molecule has 98 valence electrons. The van der Waals surface area contributed by atoms with Gasteiger partial charge in [0.25, 0.3) is 0 Å². The summed E-state index contributed by atoms with van der Waals surface area (Å²) in [6, 6.07) is 0.508. The highest BCUT2D eigenvalue weighted by atomic mass is 16.6. The Bertz CT molecular complexity index is 422. The van der Waals surface area contributed by atoms with Crippen LogP contribution in [0.3, 0.4) is 0 Å². The molecule has 1 saturated heterocycles. The third-order valence-corrected chi connectivity index (χ3v) is 3.40. The Labute approximate surface area is 106 Å². The van der Waals surface area contributed by atoms with Crippen molar-refractivity contribution in [2.24, 2.45) is 0 Å². The van der Waals surface area contributed by atoms with Crippen LogP contribution in [0.25, 0.3) is 0 Å². The molecule has 0 bridgehead atoms. The summed E-state index contributed by atoms with van der Waals surface area (Å²) in [6.45, 7) is 4.92. The first-order chi connectivity index (χ1) is 8.61. The standard InChI is InChI=1S/C11H17N5O2/c1-3-14(2)9-4-5-15(8-9)11-12-6-10(7-13-11)16(17)18/h6-7,9H,3-5,8H2,1-2H3. The molecule has 1 aliphatic rings. The van der Waals surface area contributed by atoms with E-state index in [1.807, 2.05) is 0 Å². The lowest BCUT2D eigenvalue weighted by molar-refractivity contribution is -0.385. The van der Waals surface area contributed by atoms with Gasteiger partial charge in [-0.15, -0.1) is 0 Å². The minimum atomic E-state index is -0.485. The summed E-state index contributed by atoms with van der Waals surface area (Å²) in [5, 5.41) is 10.5. The smallest absolute Gasteiger partial charge is 0.305 e. The maximum atomic E-state index is 10.5. The van der Waals surface area contributed by atoms with Crippen LogP contribution >= 0.6 is 0 Å². The van der Waals surface area contributed by atoms with Crippen LogP contribution in [0.4, 0.5) is 11.6 Å². The van der Waals surface area contributed by atoms with Crippen molar-refractivity contribution in [2.45, 2.75) is 19.4 Å². The summed E-state index contributed by atoms with van der Waals surface area (Å²) in [6.07, 6.45) is 3.60. The second kappa shape index (κ2) is 5.26. The third kappa shape index (κ3) is 2.56. The molecule has 18 heavy (non-hydrogen) atoms. The number of rotatable bonds is 4. The van der Waals surface area contributed by atoms with Crippen LogP contribution in [0.2, 0.25) is 0 Å². The Morgan fingerprint density at radius 3 is 2.78 bits per heavy atom. The van der Waals surface area contributed by atoms with Crippen molar-refractivity contribution >= 4 is 11.6 Å². The van der Waals surface area contributed by atoms with Crippen LogP contribution in [0.5, 0.6) is 0 Å². The molecule has 7 nitrogen and oxygen atoms in total. The average Bonchev–Trinajstić information content (AvgIpc) is 2.87. The SMILES string of the molecule is CCN(C)C1CCN(c2ncc([N+](=O)[O-])cn2)C1. The van der Waals surface area contributed by atoms with Gasteiger partial charge in [-0.25, -0.2) is 9.97 Å². The maximum Gasteiger partial charge on any atom is 0.305 e. The van der Waals surface area contributed by atoms with Gasteiger partial charge in [0, 0.05) is 19.1 Å². The average molecular weight is 251 g/mol. The maximum absolute atomic E-state index is 10.5. The lowest BCUT2D eigenvalue weighted by Gasteiger charge is -2.22. The van der Waals surface area contributed by atoms with E-state index in [9.17, 15) is 10.1 Å². The fraction of sp³-hybridized carbons (Fsp3) is 0.636. The molecule has 0 aromatic carbocycles. The lowest BCUT2D eigenvalue weighted by atomic mass is 10.2. The van der Waals surface area contributed by atoms with Gasteiger partial charge in [-0.2, -0.15) is 0 Å². The van der Waals surface area contributed by atoms with Crippen LogP contribution in [-0.4, -0.2) is 52.5 Å². The predicted octanol–water partition coefficient (Wildman–Crippen LogP) is 0.915. The Balaban J connectivity index is 2.03. The Kier molecular flexibility index (Phi) is 3.71. The molecule has 0 aliphatic carbocycles. The van der Waals surface area contributed by atoms with Crippen molar-refractivity contribution in [1.82, 2.24) is 14.9 Å². The van der Waals surface area contributed by atoms with E-state index < -0.39 is 4.92 Å². The molecule has 0 spiro atoms. The largest absolute Gasteiger partial charge is 0.339 e. The van der Waals surface area contributed by atoms with Gasteiger partial charge in [-0.05, 0) is 20.0 Å². The van der Waals surface area contributed by atoms with Gasteiger partial charge in [0.2, 0.25) is 5.95 Å². The molecule has 1 unspecified atom stereocenters. The van der Waals surface area contributed by atoms with Gasteiger partial charge in [-0.1, -0.05) is 6.92 Å². The Morgan fingerprint density at radius 1 is 1.56 bits per heavy atom. The molecule has 0 N–H and O–H groups in total. The molecule has 2 rings (SSSR count). The molecule has 0 radical (unpaired) electrons. The van der Waals surface area contributed by atoms with Gasteiger partial charge < -0.3 is 9.80 Å². The highest BCUT2D eigenvalue weighted by molar-refractivity contribution is 5.35. The molecule has 1 aliphatic heterocycles. The van der Waals surface area contributed by atoms with E-state index in [1.165, 1.54) is 12.4 Å². The molecular weight excluding hydrogens is 234 g/mol. The second-order valence-electron chi connectivity index (χ2n) is 4.46. The summed E-state index contributed by atoms with van der Waals surface area (Å²) in [5.74, 6) is 0.576. The topological polar surface area (TPSA) is 75.4 Å². The third-order valence-electron chi connectivity index (χ3n) is 3.40. The molecule has 2 heterocycles. The van der Waals surface area contributed by atoms with Gasteiger partial charge >= 0.3 is 5.69 Å². The Hall–Kier alpha value is -1.76. The molecular formula is C11H17N5O2. The summed E-state index contributed by atoms with van der Waals surface area (Å²) < 4.78 is 0. The number of hydrogen-bond donors (Lipinski definition) is 0. The van der Waals surface area contributed by atoms with Crippen LogP contribution in [0, 0.1) is 10.1 Å². The van der Waals surface area contributed by atoms with Crippen LogP contribution in [0.1, 0.15) is 13.3 Å².